The summed E-state index contributed by atoms with van der Waals surface area (Å²) in [5.41, 5.74) is 0.567. The van der Waals surface area contributed by atoms with Gasteiger partial charge in [0.1, 0.15) is 5.15 Å². The lowest BCUT2D eigenvalue weighted by molar-refractivity contribution is -0.286. The molecule has 1 aliphatic rings. The number of pyridine rings is 1. The number of fused-ring (bicyclic) bond motifs is 1. The molecule has 2 aromatic rings. The number of carbonyl (C=O) groups excluding carboxylic acids is 1. The standard InChI is InChI=1S/C13H7ClF2N2O3/c14-11-4-1-7(6-17-11)12(19)18-8-2-3-9-10(5-8)21-13(15,16)20-9/h1-6H,(H,18,19). The Hall–Kier alpha value is -2.41. The number of hydrogen-bond donors (Lipinski definition) is 1. The van der Waals surface area contributed by atoms with E-state index in [-0.39, 0.29) is 27.9 Å². The first-order valence-electron chi connectivity index (χ1n) is 5.76. The third-order valence-corrected chi connectivity index (χ3v) is 2.87. The zero-order valence-electron chi connectivity index (χ0n) is 10.3. The zero-order valence-corrected chi connectivity index (χ0v) is 11.0. The predicted octanol–water partition coefficient (Wildman–Crippen LogP) is 3.31. The van der Waals surface area contributed by atoms with Gasteiger partial charge in [0.2, 0.25) is 0 Å². The van der Waals surface area contributed by atoms with Crippen molar-refractivity contribution in [3.05, 3.63) is 47.2 Å². The minimum Gasteiger partial charge on any atom is -0.395 e. The molecule has 0 spiro atoms. The van der Waals surface area contributed by atoms with Gasteiger partial charge in [0.25, 0.3) is 5.91 Å². The molecular formula is C13H7ClF2N2O3. The van der Waals surface area contributed by atoms with Crippen LogP contribution in [0, 0.1) is 0 Å². The molecule has 21 heavy (non-hydrogen) atoms. The molecule has 1 aromatic heterocycles. The van der Waals surface area contributed by atoms with Crippen LogP contribution in [-0.4, -0.2) is 17.2 Å². The second-order valence-corrected chi connectivity index (χ2v) is 4.54. The molecule has 0 unspecified atom stereocenters. The first-order valence-corrected chi connectivity index (χ1v) is 6.13. The molecule has 108 valence electrons. The van der Waals surface area contributed by atoms with Crippen LogP contribution in [0.1, 0.15) is 10.4 Å². The number of anilines is 1. The van der Waals surface area contributed by atoms with Gasteiger partial charge in [-0.25, -0.2) is 4.98 Å². The number of carbonyl (C=O) groups is 1. The molecule has 1 aromatic carbocycles. The fraction of sp³-hybridized carbons (Fsp3) is 0.0769. The predicted molar refractivity (Wildman–Crippen MR) is 69.8 cm³/mol. The molecule has 5 nitrogen and oxygen atoms in total. The minimum atomic E-state index is -3.69. The second-order valence-electron chi connectivity index (χ2n) is 4.15. The van der Waals surface area contributed by atoms with Crippen LogP contribution >= 0.6 is 11.6 Å². The van der Waals surface area contributed by atoms with Gasteiger partial charge in [-0.2, -0.15) is 0 Å². The Labute approximate surface area is 122 Å². The summed E-state index contributed by atoms with van der Waals surface area (Å²) < 4.78 is 34.3. The average molecular weight is 313 g/mol. The SMILES string of the molecule is O=C(Nc1ccc2c(c1)OC(F)(F)O2)c1ccc(Cl)nc1. The highest BCUT2D eigenvalue weighted by Crippen LogP contribution is 2.42. The summed E-state index contributed by atoms with van der Waals surface area (Å²) in [6, 6.07) is 6.91. The Bertz CT molecular complexity index is 707. The number of amides is 1. The maximum absolute atomic E-state index is 12.9. The molecule has 0 aliphatic carbocycles. The first-order chi connectivity index (χ1) is 9.93. The molecule has 0 atom stereocenters. The van der Waals surface area contributed by atoms with Crippen molar-refractivity contribution in [2.75, 3.05) is 5.32 Å². The van der Waals surface area contributed by atoms with Crippen LogP contribution in [0.15, 0.2) is 36.5 Å². The molecule has 0 fully saturated rings. The van der Waals surface area contributed by atoms with E-state index in [0.29, 0.717) is 0 Å². The van der Waals surface area contributed by atoms with Crippen molar-refractivity contribution in [3.8, 4) is 11.5 Å². The number of nitrogens with one attached hydrogen (secondary N) is 1. The van der Waals surface area contributed by atoms with Crippen molar-refractivity contribution in [2.45, 2.75) is 6.29 Å². The van der Waals surface area contributed by atoms with Crippen LogP contribution in [0.4, 0.5) is 14.5 Å². The van der Waals surface area contributed by atoms with Crippen molar-refractivity contribution in [1.82, 2.24) is 4.98 Å². The van der Waals surface area contributed by atoms with Crippen LogP contribution in [-0.2, 0) is 0 Å². The highest BCUT2D eigenvalue weighted by Gasteiger charge is 2.43. The summed E-state index contributed by atoms with van der Waals surface area (Å²) in [6.45, 7) is 0. The summed E-state index contributed by atoms with van der Waals surface area (Å²) >= 11 is 5.62. The van der Waals surface area contributed by atoms with Gasteiger partial charge in [0.05, 0.1) is 5.56 Å². The number of hydrogen-bond acceptors (Lipinski definition) is 4. The normalized spacial score (nSPS) is 14.8. The van der Waals surface area contributed by atoms with Crippen molar-refractivity contribution >= 4 is 23.2 Å². The Morgan fingerprint density at radius 3 is 2.67 bits per heavy atom. The number of rotatable bonds is 2. The lowest BCUT2D eigenvalue weighted by Gasteiger charge is -2.06. The van der Waals surface area contributed by atoms with E-state index in [0.717, 1.165) is 0 Å². The Morgan fingerprint density at radius 1 is 1.19 bits per heavy atom. The Morgan fingerprint density at radius 2 is 1.95 bits per heavy atom. The van der Waals surface area contributed by atoms with E-state index in [1.54, 1.807) is 0 Å². The molecule has 1 amide bonds. The van der Waals surface area contributed by atoms with E-state index in [1.165, 1.54) is 36.5 Å². The van der Waals surface area contributed by atoms with Crippen molar-refractivity contribution in [2.24, 2.45) is 0 Å². The maximum atomic E-state index is 12.9. The third-order valence-electron chi connectivity index (χ3n) is 2.65. The van der Waals surface area contributed by atoms with Crippen molar-refractivity contribution in [3.63, 3.8) is 0 Å². The summed E-state index contributed by atoms with van der Waals surface area (Å²) in [5, 5.41) is 2.79. The molecule has 0 saturated heterocycles. The molecular weight excluding hydrogens is 306 g/mol. The molecule has 0 radical (unpaired) electrons. The van der Waals surface area contributed by atoms with E-state index in [9.17, 15) is 13.6 Å². The summed E-state index contributed by atoms with van der Waals surface area (Å²) in [7, 11) is 0. The average Bonchev–Trinajstić information content (AvgIpc) is 2.72. The van der Waals surface area contributed by atoms with Crippen LogP contribution < -0.4 is 14.8 Å². The third kappa shape index (κ3) is 2.87. The molecule has 3 rings (SSSR count). The summed E-state index contributed by atoms with van der Waals surface area (Å²) in [5.74, 6) is -0.692. The molecule has 1 aliphatic heterocycles. The highest BCUT2D eigenvalue weighted by molar-refractivity contribution is 6.29. The van der Waals surface area contributed by atoms with Crippen LogP contribution in [0.5, 0.6) is 11.5 Å². The van der Waals surface area contributed by atoms with Gasteiger partial charge in [0, 0.05) is 18.0 Å². The maximum Gasteiger partial charge on any atom is 0.586 e. The van der Waals surface area contributed by atoms with Crippen molar-refractivity contribution in [1.29, 1.82) is 0 Å². The lowest BCUT2D eigenvalue weighted by Crippen LogP contribution is -2.25. The molecule has 0 bridgehead atoms. The lowest BCUT2D eigenvalue weighted by atomic mass is 10.2. The quantitative estimate of drug-likeness (QED) is 0.864. The Balaban J connectivity index is 1.77. The first kappa shape index (κ1) is 13.6. The number of benzene rings is 1. The smallest absolute Gasteiger partial charge is 0.395 e. The monoisotopic (exact) mass is 312 g/mol. The van der Waals surface area contributed by atoms with Crippen LogP contribution in [0.2, 0.25) is 5.15 Å². The Kier molecular flexibility index (Phi) is 3.13. The topological polar surface area (TPSA) is 60.5 Å². The number of halogens is 3. The fourth-order valence-corrected chi connectivity index (χ4v) is 1.85. The summed E-state index contributed by atoms with van der Waals surface area (Å²) in [4.78, 5) is 15.7. The van der Waals surface area contributed by atoms with Gasteiger partial charge in [-0.1, -0.05) is 11.6 Å². The summed E-state index contributed by atoms with van der Waals surface area (Å²) in [6.07, 6.45) is -2.39. The van der Waals surface area contributed by atoms with Crippen LogP contribution in [0.3, 0.4) is 0 Å². The second kappa shape index (κ2) is 4.85. The van der Waals surface area contributed by atoms with E-state index >= 15 is 0 Å². The molecule has 8 heteroatoms. The van der Waals surface area contributed by atoms with Gasteiger partial charge < -0.3 is 14.8 Å². The van der Waals surface area contributed by atoms with Crippen LogP contribution in [0.25, 0.3) is 0 Å². The van der Waals surface area contributed by atoms with E-state index in [4.69, 9.17) is 11.6 Å². The van der Waals surface area contributed by atoms with Gasteiger partial charge in [-0.3, -0.25) is 4.79 Å². The largest absolute Gasteiger partial charge is 0.586 e. The van der Waals surface area contributed by atoms with E-state index < -0.39 is 12.2 Å². The zero-order chi connectivity index (χ0) is 15.0. The van der Waals surface area contributed by atoms with Gasteiger partial charge in [0.15, 0.2) is 11.5 Å². The highest BCUT2D eigenvalue weighted by atomic mass is 35.5. The van der Waals surface area contributed by atoms with Gasteiger partial charge in [-0.15, -0.1) is 8.78 Å². The van der Waals surface area contributed by atoms with E-state index in [1.807, 2.05) is 0 Å². The number of aromatic nitrogens is 1. The fourth-order valence-electron chi connectivity index (χ4n) is 1.74. The molecule has 2 heterocycles. The number of alkyl halides is 2. The molecule has 0 saturated carbocycles. The van der Waals surface area contributed by atoms with Crippen molar-refractivity contribution < 1.29 is 23.0 Å². The number of ether oxygens (including phenoxy) is 2. The van der Waals surface area contributed by atoms with Gasteiger partial charge >= 0.3 is 6.29 Å². The number of nitrogens with zero attached hydrogens (tertiary/aromatic N) is 1. The van der Waals surface area contributed by atoms with E-state index in [2.05, 4.69) is 19.8 Å². The van der Waals surface area contributed by atoms with Gasteiger partial charge in [-0.05, 0) is 24.3 Å². The minimum absolute atomic E-state index is 0.0915. The molecule has 1 N–H and O–H groups in total.